The first-order valence-corrected chi connectivity index (χ1v) is 5.58. The third-order valence-corrected chi connectivity index (χ3v) is 2.39. The normalized spacial score (nSPS) is 10.2. The zero-order valence-electron chi connectivity index (χ0n) is 10.2. The minimum absolute atomic E-state index is 0.190. The van der Waals surface area contributed by atoms with E-state index >= 15 is 0 Å². The quantitative estimate of drug-likeness (QED) is 0.872. The summed E-state index contributed by atoms with van der Waals surface area (Å²) in [6, 6.07) is 6.75. The Bertz CT molecular complexity index is 640. The van der Waals surface area contributed by atoms with Crippen LogP contribution in [0.3, 0.4) is 0 Å². The zero-order valence-corrected chi connectivity index (χ0v) is 10.2. The van der Waals surface area contributed by atoms with E-state index < -0.39 is 12.6 Å². The van der Waals surface area contributed by atoms with Crippen molar-refractivity contribution in [3.63, 3.8) is 0 Å². The Labute approximate surface area is 109 Å². The molecule has 1 heterocycles. The average molecular weight is 260 g/mol. The highest BCUT2D eigenvalue weighted by Crippen LogP contribution is 2.29. The second-order valence-electron chi connectivity index (χ2n) is 3.87. The van der Waals surface area contributed by atoms with Crippen LogP contribution in [0.1, 0.15) is 6.92 Å². The van der Waals surface area contributed by atoms with E-state index in [1.807, 2.05) is 0 Å². The van der Waals surface area contributed by atoms with Crippen molar-refractivity contribution in [1.29, 1.82) is 0 Å². The molecule has 0 aliphatic heterocycles. The molecule has 0 unspecified atom stereocenters. The molecule has 6 nitrogen and oxygen atoms in total. The van der Waals surface area contributed by atoms with Gasteiger partial charge in [0, 0.05) is 18.5 Å². The third kappa shape index (κ3) is 2.98. The fourth-order valence-corrected chi connectivity index (χ4v) is 1.70. The van der Waals surface area contributed by atoms with Crippen molar-refractivity contribution in [2.24, 2.45) is 0 Å². The number of anilines is 1. The van der Waals surface area contributed by atoms with E-state index in [1.54, 1.807) is 30.5 Å². The molecule has 0 aliphatic carbocycles. The molecule has 1 aromatic heterocycles. The molecule has 2 rings (SSSR count). The summed E-state index contributed by atoms with van der Waals surface area (Å²) in [5.74, 6) is -0.883. The van der Waals surface area contributed by atoms with Gasteiger partial charge in [-0.25, -0.2) is 4.79 Å². The van der Waals surface area contributed by atoms with Crippen molar-refractivity contribution in [1.82, 2.24) is 4.98 Å². The van der Waals surface area contributed by atoms with Gasteiger partial charge in [-0.05, 0) is 24.3 Å². The number of carboxylic acids is 1. The van der Waals surface area contributed by atoms with Gasteiger partial charge < -0.3 is 15.2 Å². The van der Waals surface area contributed by atoms with Crippen LogP contribution in [0.25, 0.3) is 10.9 Å². The molecule has 0 bridgehead atoms. The van der Waals surface area contributed by atoms with Gasteiger partial charge in [-0.3, -0.25) is 9.78 Å². The monoisotopic (exact) mass is 260 g/mol. The molecule has 1 amide bonds. The fourth-order valence-electron chi connectivity index (χ4n) is 1.70. The maximum Gasteiger partial charge on any atom is 0.341 e. The lowest BCUT2D eigenvalue weighted by molar-refractivity contribution is -0.139. The molecule has 0 spiro atoms. The standard InChI is InChI=1S/C13H12N2O4/c1-8(16)15-10-4-5-11(19-7-12(17)18)13-9(10)3-2-6-14-13/h2-6H,7H2,1H3,(H,15,16)(H,17,18). The summed E-state index contributed by atoms with van der Waals surface area (Å²) in [5.41, 5.74) is 1.12. The number of nitrogens with zero attached hydrogens (tertiary/aromatic N) is 1. The molecule has 1 aromatic carbocycles. The van der Waals surface area contributed by atoms with Crippen LogP contribution in [0.15, 0.2) is 30.5 Å². The highest BCUT2D eigenvalue weighted by molar-refractivity contribution is 6.02. The molecule has 19 heavy (non-hydrogen) atoms. The number of benzene rings is 1. The molecule has 98 valence electrons. The summed E-state index contributed by atoms with van der Waals surface area (Å²) in [7, 11) is 0. The summed E-state index contributed by atoms with van der Waals surface area (Å²) < 4.78 is 5.17. The summed E-state index contributed by atoms with van der Waals surface area (Å²) >= 11 is 0. The Morgan fingerprint density at radius 3 is 2.84 bits per heavy atom. The van der Waals surface area contributed by atoms with E-state index in [2.05, 4.69) is 10.3 Å². The first kappa shape index (κ1) is 12.8. The van der Waals surface area contributed by atoms with Gasteiger partial charge in [0.1, 0.15) is 11.3 Å². The molecule has 2 aromatic rings. The summed E-state index contributed by atoms with van der Waals surface area (Å²) in [6.45, 7) is 0.974. The van der Waals surface area contributed by atoms with Gasteiger partial charge in [0.25, 0.3) is 0 Å². The number of aliphatic carboxylic acids is 1. The molecular weight excluding hydrogens is 248 g/mol. The number of carboxylic acid groups (broad SMARTS) is 1. The Kier molecular flexibility index (Phi) is 3.61. The minimum Gasteiger partial charge on any atom is -0.480 e. The number of pyridine rings is 1. The van der Waals surface area contributed by atoms with E-state index in [9.17, 15) is 9.59 Å². The van der Waals surface area contributed by atoms with Crippen LogP contribution in [0.2, 0.25) is 0 Å². The third-order valence-electron chi connectivity index (χ3n) is 2.39. The van der Waals surface area contributed by atoms with E-state index in [0.29, 0.717) is 22.3 Å². The number of hydrogen-bond donors (Lipinski definition) is 2. The van der Waals surface area contributed by atoms with E-state index in [0.717, 1.165) is 0 Å². The summed E-state index contributed by atoms with van der Waals surface area (Å²) in [4.78, 5) is 25.8. The molecule has 6 heteroatoms. The maximum absolute atomic E-state index is 11.1. The molecule has 0 fully saturated rings. The first-order chi connectivity index (χ1) is 9.08. The van der Waals surface area contributed by atoms with Crippen molar-refractivity contribution >= 4 is 28.5 Å². The van der Waals surface area contributed by atoms with Crippen molar-refractivity contribution in [3.05, 3.63) is 30.5 Å². The lowest BCUT2D eigenvalue weighted by Gasteiger charge is -2.10. The number of hydrogen-bond acceptors (Lipinski definition) is 4. The number of ether oxygens (including phenoxy) is 1. The number of carbonyl (C=O) groups is 2. The van der Waals surface area contributed by atoms with Crippen LogP contribution in [-0.4, -0.2) is 28.6 Å². The topological polar surface area (TPSA) is 88.5 Å². The van der Waals surface area contributed by atoms with E-state index in [-0.39, 0.29) is 5.91 Å². The van der Waals surface area contributed by atoms with Crippen molar-refractivity contribution in [3.8, 4) is 5.75 Å². The smallest absolute Gasteiger partial charge is 0.341 e. The number of fused-ring (bicyclic) bond motifs is 1. The van der Waals surface area contributed by atoms with Crippen molar-refractivity contribution < 1.29 is 19.4 Å². The molecule has 0 atom stereocenters. The number of amides is 1. The summed E-state index contributed by atoms with van der Waals surface area (Å²) in [6.07, 6.45) is 1.58. The van der Waals surface area contributed by atoms with Crippen LogP contribution in [0.5, 0.6) is 5.75 Å². The summed E-state index contributed by atoms with van der Waals surface area (Å²) in [5, 5.41) is 12.0. The van der Waals surface area contributed by atoms with Crippen LogP contribution < -0.4 is 10.1 Å². The van der Waals surface area contributed by atoms with Crippen LogP contribution in [0.4, 0.5) is 5.69 Å². The van der Waals surface area contributed by atoms with Gasteiger partial charge in [-0.15, -0.1) is 0 Å². The van der Waals surface area contributed by atoms with Gasteiger partial charge in [-0.2, -0.15) is 0 Å². The number of nitrogens with one attached hydrogen (secondary N) is 1. The second-order valence-corrected chi connectivity index (χ2v) is 3.87. The zero-order chi connectivity index (χ0) is 13.8. The van der Waals surface area contributed by atoms with Crippen molar-refractivity contribution in [2.75, 3.05) is 11.9 Å². The van der Waals surface area contributed by atoms with Gasteiger partial charge in [0.05, 0.1) is 5.69 Å². The lowest BCUT2D eigenvalue weighted by Crippen LogP contribution is -2.10. The van der Waals surface area contributed by atoms with Crippen LogP contribution >= 0.6 is 0 Å². The highest BCUT2D eigenvalue weighted by Gasteiger charge is 2.10. The Morgan fingerprint density at radius 1 is 1.37 bits per heavy atom. The first-order valence-electron chi connectivity index (χ1n) is 5.58. The van der Waals surface area contributed by atoms with Gasteiger partial charge in [0.2, 0.25) is 5.91 Å². The average Bonchev–Trinajstić information content (AvgIpc) is 2.37. The Balaban J connectivity index is 2.45. The number of aromatic nitrogens is 1. The molecule has 2 N–H and O–H groups in total. The van der Waals surface area contributed by atoms with Gasteiger partial charge in [0.15, 0.2) is 6.61 Å². The van der Waals surface area contributed by atoms with Crippen LogP contribution in [0, 0.1) is 0 Å². The van der Waals surface area contributed by atoms with E-state index in [4.69, 9.17) is 9.84 Å². The number of carbonyl (C=O) groups excluding carboxylic acids is 1. The molecular formula is C13H12N2O4. The predicted molar refractivity (Wildman–Crippen MR) is 69.2 cm³/mol. The second kappa shape index (κ2) is 5.34. The molecule has 0 saturated heterocycles. The van der Waals surface area contributed by atoms with E-state index in [1.165, 1.54) is 6.92 Å². The Morgan fingerprint density at radius 2 is 2.16 bits per heavy atom. The largest absolute Gasteiger partial charge is 0.480 e. The number of rotatable bonds is 4. The van der Waals surface area contributed by atoms with Gasteiger partial charge in [-0.1, -0.05) is 0 Å². The molecule has 0 radical (unpaired) electrons. The predicted octanol–water partition coefficient (Wildman–Crippen LogP) is 1.66. The van der Waals surface area contributed by atoms with Crippen LogP contribution in [-0.2, 0) is 9.59 Å². The SMILES string of the molecule is CC(=O)Nc1ccc(OCC(=O)O)c2ncccc12. The Hall–Kier alpha value is -2.63. The molecule has 0 saturated carbocycles. The fraction of sp³-hybridized carbons (Fsp3) is 0.154. The minimum atomic E-state index is -1.06. The lowest BCUT2D eigenvalue weighted by atomic mass is 10.1. The molecule has 0 aliphatic rings. The maximum atomic E-state index is 11.1. The van der Waals surface area contributed by atoms with Crippen molar-refractivity contribution in [2.45, 2.75) is 6.92 Å². The van der Waals surface area contributed by atoms with Gasteiger partial charge >= 0.3 is 5.97 Å². The highest BCUT2D eigenvalue weighted by atomic mass is 16.5.